The van der Waals surface area contributed by atoms with Crippen LogP contribution in [0.4, 0.5) is 0 Å². The van der Waals surface area contributed by atoms with Crippen molar-refractivity contribution >= 4 is 35.4 Å². The summed E-state index contributed by atoms with van der Waals surface area (Å²) in [6.45, 7) is 0. The second kappa shape index (κ2) is 4.10. The molecule has 14 heavy (non-hydrogen) atoms. The van der Waals surface area contributed by atoms with Crippen molar-refractivity contribution in [3.63, 3.8) is 0 Å². The van der Waals surface area contributed by atoms with Gasteiger partial charge in [0, 0.05) is 0 Å². The van der Waals surface area contributed by atoms with E-state index >= 15 is 0 Å². The first-order valence-corrected chi connectivity index (χ1v) is 6.90. The summed E-state index contributed by atoms with van der Waals surface area (Å²) in [5, 5.41) is 8.60. The van der Waals surface area contributed by atoms with Crippen molar-refractivity contribution in [2.75, 3.05) is 0 Å². The number of rotatable bonds is 1. The fourth-order valence-electron chi connectivity index (χ4n) is 1.16. The SMILES string of the molecule is N#Cc1ccc(C2=CC=C(Br)[SeH2]2)cn1. The molecule has 1 aromatic heterocycles. The van der Waals surface area contributed by atoms with Gasteiger partial charge in [-0.2, -0.15) is 0 Å². The Kier molecular flexibility index (Phi) is 2.83. The van der Waals surface area contributed by atoms with Crippen molar-refractivity contribution in [1.82, 2.24) is 4.98 Å². The first-order valence-electron chi connectivity index (χ1n) is 4.00. The summed E-state index contributed by atoms with van der Waals surface area (Å²) in [7, 11) is 0. The van der Waals surface area contributed by atoms with E-state index in [-0.39, 0.29) is 15.0 Å². The van der Waals surface area contributed by atoms with Crippen molar-refractivity contribution in [2.24, 2.45) is 0 Å². The number of aromatic nitrogens is 1. The van der Waals surface area contributed by atoms with Gasteiger partial charge in [0.15, 0.2) is 0 Å². The average molecular weight is 314 g/mol. The Balaban J connectivity index is 2.24. The average Bonchev–Trinajstić information content (AvgIpc) is 2.65. The zero-order chi connectivity index (χ0) is 9.97. The van der Waals surface area contributed by atoms with Gasteiger partial charge in [-0.15, -0.1) is 0 Å². The van der Waals surface area contributed by atoms with Gasteiger partial charge >= 0.3 is 96.8 Å². The number of pyridine rings is 1. The van der Waals surface area contributed by atoms with Crippen LogP contribution in [0.25, 0.3) is 4.47 Å². The molecule has 0 bridgehead atoms. The van der Waals surface area contributed by atoms with Crippen LogP contribution in [0.1, 0.15) is 11.3 Å². The van der Waals surface area contributed by atoms with Gasteiger partial charge in [0.1, 0.15) is 0 Å². The molecule has 2 nitrogen and oxygen atoms in total. The van der Waals surface area contributed by atoms with E-state index in [4.69, 9.17) is 5.26 Å². The van der Waals surface area contributed by atoms with Crippen LogP contribution in [0.3, 0.4) is 0 Å². The van der Waals surface area contributed by atoms with E-state index in [1.165, 1.54) is 7.85 Å². The molecule has 0 radical (unpaired) electrons. The molecule has 0 unspecified atom stereocenters. The van der Waals surface area contributed by atoms with E-state index in [9.17, 15) is 0 Å². The molecular weight excluding hydrogens is 307 g/mol. The summed E-state index contributed by atoms with van der Waals surface area (Å²) < 4.78 is 2.66. The van der Waals surface area contributed by atoms with Gasteiger partial charge in [-0.1, -0.05) is 0 Å². The Morgan fingerprint density at radius 2 is 2.21 bits per heavy atom. The molecule has 0 spiro atoms. The third kappa shape index (κ3) is 1.96. The maximum absolute atomic E-state index is 8.60. The molecule has 4 heteroatoms. The van der Waals surface area contributed by atoms with Crippen molar-refractivity contribution in [3.8, 4) is 6.07 Å². The van der Waals surface area contributed by atoms with Crippen LogP contribution in [-0.4, -0.2) is 19.9 Å². The molecular formula is C10H7BrN2Se. The molecule has 0 saturated carbocycles. The van der Waals surface area contributed by atoms with E-state index in [2.05, 4.69) is 33.1 Å². The normalized spacial score (nSPS) is 17.4. The summed E-state index contributed by atoms with van der Waals surface area (Å²) in [5.41, 5.74) is 1.61. The molecule has 0 fully saturated rings. The summed E-state index contributed by atoms with van der Waals surface area (Å²) >= 11 is 3.30. The minimum atomic E-state index is -0.196. The Hall–Kier alpha value is -0.881. The zero-order valence-corrected chi connectivity index (χ0v) is 10.8. The number of nitrogens with zero attached hydrogens (tertiary/aromatic N) is 2. The zero-order valence-electron chi connectivity index (χ0n) is 7.16. The summed E-state index contributed by atoms with van der Waals surface area (Å²) in [5.74, 6) is 0. The summed E-state index contributed by atoms with van der Waals surface area (Å²) in [6.07, 6.45) is 5.98. The van der Waals surface area contributed by atoms with E-state index in [0.29, 0.717) is 5.69 Å². The molecule has 70 valence electrons. The predicted molar refractivity (Wildman–Crippen MR) is 62.5 cm³/mol. The number of hydrogen-bond acceptors (Lipinski definition) is 2. The Labute approximate surface area is 96.6 Å². The third-order valence-corrected chi connectivity index (χ3v) is 5.51. The topological polar surface area (TPSA) is 36.7 Å². The summed E-state index contributed by atoms with van der Waals surface area (Å²) in [6, 6.07) is 5.73. The van der Waals surface area contributed by atoms with Crippen LogP contribution in [0.5, 0.6) is 0 Å². The number of hydrogen-bond donors (Lipinski definition) is 0. The quantitative estimate of drug-likeness (QED) is 0.740. The van der Waals surface area contributed by atoms with Crippen LogP contribution in [0.15, 0.2) is 33.9 Å². The Morgan fingerprint density at radius 1 is 1.36 bits per heavy atom. The van der Waals surface area contributed by atoms with E-state index < -0.39 is 0 Å². The van der Waals surface area contributed by atoms with E-state index in [0.717, 1.165) is 5.56 Å². The van der Waals surface area contributed by atoms with Gasteiger partial charge in [0.05, 0.1) is 0 Å². The molecule has 0 N–H and O–H groups in total. The fourth-order valence-corrected chi connectivity index (χ4v) is 4.25. The minimum absolute atomic E-state index is 0.196. The molecule has 2 heterocycles. The van der Waals surface area contributed by atoms with Gasteiger partial charge < -0.3 is 0 Å². The van der Waals surface area contributed by atoms with Gasteiger partial charge in [-0.25, -0.2) is 0 Å². The molecule has 0 aliphatic carbocycles. The number of nitriles is 1. The van der Waals surface area contributed by atoms with E-state index in [1.807, 2.05) is 12.1 Å². The standard InChI is InChI=1S/C10H7BrN2Se/c11-10-4-3-9(14-10)7-1-2-8(5-12)13-6-7/h1-4,6H,14H2. The Morgan fingerprint density at radius 3 is 2.71 bits per heavy atom. The van der Waals surface area contributed by atoms with Gasteiger partial charge in [-0.05, 0) is 0 Å². The molecule has 0 atom stereocenters. The van der Waals surface area contributed by atoms with E-state index in [1.54, 1.807) is 12.3 Å². The molecule has 2 rings (SSSR count). The molecule has 0 saturated heterocycles. The summed E-state index contributed by atoms with van der Waals surface area (Å²) in [4.78, 5) is 4.05. The van der Waals surface area contributed by atoms with Gasteiger partial charge in [0.2, 0.25) is 0 Å². The first-order chi connectivity index (χ1) is 6.79. The van der Waals surface area contributed by atoms with Crippen LogP contribution >= 0.6 is 15.9 Å². The van der Waals surface area contributed by atoms with Crippen LogP contribution in [0.2, 0.25) is 0 Å². The van der Waals surface area contributed by atoms with Crippen LogP contribution in [-0.2, 0) is 0 Å². The first kappa shape index (κ1) is 9.67. The fraction of sp³-hybridized carbons (Fsp3) is 0. The Bertz CT molecular complexity index is 454. The van der Waals surface area contributed by atoms with Crippen LogP contribution < -0.4 is 0 Å². The van der Waals surface area contributed by atoms with Gasteiger partial charge in [0.25, 0.3) is 0 Å². The van der Waals surface area contributed by atoms with Crippen molar-refractivity contribution in [3.05, 3.63) is 45.1 Å². The van der Waals surface area contributed by atoms with Crippen molar-refractivity contribution < 1.29 is 0 Å². The number of allylic oxidation sites excluding steroid dienone is 2. The molecule has 1 aliphatic rings. The molecule has 0 aromatic carbocycles. The van der Waals surface area contributed by atoms with Gasteiger partial charge in [-0.3, -0.25) is 0 Å². The van der Waals surface area contributed by atoms with Crippen LogP contribution in [0, 0.1) is 11.3 Å². The molecule has 0 amide bonds. The third-order valence-electron chi connectivity index (χ3n) is 1.84. The molecule has 1 aromatic rings. The second-order valence-corrected chi connectivity index (χ2v) is 7.94. The van der Waals surface area contributed by atoms with Crippen molar-refractivity contribution in [2.45, 2.75) is 0 Å². The molecule has 1 aliphatic heterocycles. The number of halogens is 1. The maximum atomic E-state index is 8.60. The predicted octanol–water partition coefficient (Wildman–Crippen LogP) is 1.71. The monoisotopic (exact) mass is 314 g/mol. The van der Waals surface area contributed by atoms with Crippen molar-refractivity contribution in [1.29, 1.82) is 5.26 Å². The second-order valence-electron chi connectivity index (χ2n) is 2.76.